The first kappa shape index (κ1) is 22.9. The molecule has 0 atom stereocenters. The third-order valence-electron chi connectivity index (χ3n) is 3.93. The second-order valence-electron chi connectivity index (χ2n) is 6.30. The number of halogens is 1. The van der Waals surface area contributed by atoms with Crippen LogP contribution in [-0.2, 0) is 10.1 Å². The second kappa shape index (κ2) is 9.99. The standard InChI is InChI=1S/C22H18ClN3O5S/c23-19-18(26-22(24)25)12-11-17(21(27)30-16-9-5-2-6-10-16)20(19)31-32(28,29)14-13-15-7-3-1-4-8-15/h1-14H,(H4,24,25,26). The fourth-order valence-electron chi connectivity index (χ4n) is 2.53. The predicted molar refractivity (Wildman–Crippen MR) is 123 cm³/mol. The number of guanidine groups is 1. The molecule has 3 aromatic rings. The molecular weight excluding hydrogens is 454 g/mol. The first-order valence-electron chi connectivity index (χ1n) is 9.12. The van der Waals surface area contributed by atoms with Gasteiger partial charge in [-0.25, -0.2) is 9.79 Å². The van der Waals surface area contributed by atoms with E-state index in [1.54, 1.807) is 60.7 Å². The van der Waals surface area contributed by atoms with E-state index in [0.29, 0.717) is 5.56 Å². The average Bonchev–Trinajstić information content (AvgIpc) is 2.76. The SMILES string of the molecule is NC(N)=Nc1ccc(C(=O)Oc2ccccc2)c(OS(=O)(=O)C=Cc2ccccc2)c1Cl. The Hall–Kier alpha value is -3.82. The fraction of sp³-hybridized carbons (Fsp3) is 0. The number of rotatable bonds is 7. The van der Waals surface area contributed by atoms with Crippen LogP contribution < -0.4 is 20.4 Å². The van der Waals surface area contributed by atoms with Gasteiger partial charge in [-0.2, -0.15) is 8.42 Å². The first-order chi connectivity index (χ1) is 15.2. The lowest BCUT2D eigenvalue weighted by atomic mass is 10.2. The van der Waals surface area contributed by atoms with Crippen LogP contribution in [0.25, 0.3) is 6.08 Å². The first-order valence-corrected chi connectivity index (χ1v) is 11.0. The van der Waals surface area contributed by atoms with Gasteiger partial charge < -0.3 is 20.4 Å². The monoisotopic (exact) mass is 471 g/mol. The molecule has 32 heavy (non-hydrogen) atoms. The van der Waals surface area contributed by atoms with Crippen molar-refractivity contribution in [2.75, 3.05) is 0 Å². The fourth-order valence-corrected chi connectivity index (χ4v) is 3.61. The van der Waals surface area contributed by atoms with E-state index in [1.165, 1.54) is 18.2 Å². The third-order valence-corrected chi connectivity index (χ3v) is 5.16. The summed E-state index contributed by atoms with van der Waals surface area (Å²) in [7, 11) is -4.31. The van der Waals surface area contributed by atoms with E-state index in [2.05, 4.69) is 4.99 Å². The molecule has 0 bridgehead atoms. The van der Waals surface area contributed by atoms with Crippen molar-refractivity contribution in [3.63, 3.8) is 0 Å². The lowest BCUT2D eigenvalue weighted by molar-refractivity contribution is 0.0733. The topological polar surface area (TPSA) is 134 Å². The predicted octanol–water partition coefficient (Wildman–Crippen LogP) is 3.84. The largest absolute Gasteiger partial charge is 0.423 e. The van der Waals surface area contributed by atoms with E-state index in [9.17, 15) is 13.2 Å². The lowest BCUT2D eigenvalue weighted by Crippen LogP contribution is -2.22. The highest BCUT2D eigenvalue weighted by Gasteiger charge is 2.24. The van der Waals surface area contributed by atoms with Crippen LogP contribution in [0.1, 0.15) is 15.9 Å². The molecule has 0 amide bonds. The molecule has 3 rings (SSSR count). The van der Waals surface area contributed by atoms with Crippen molar-refractivity contribution < 1.29 is 22.1 Å². The van der Waals surface area contributed by atoms with Crippen LogP contribution in [0.5, 0.6) is 11.5 Å². The maximum absolute atomic E-state index is 12.7. The summed E-state index contributed by atoms with van der Waals surface area (Å²) in [5.41, 5.74) is 11.2. The zero-order valence-corrected chi connectivity index (χ0v) is 18.1. The third kappa shape index (κ3) is 6.10. The van der Waals surface area contributed by atoms with Crippen LogP contribution in [0, 0.1) is 0 Å². The van der Waals surface area contributed by atoms with Gasteiger partial charge in [0.05, 0.1) is 11.1 Å². The molecule has 0 aliphatic heterocycles. The molecule has 0 spiro atoms. The minimum absolute atomic E-state index is 0.0140. The second-order valence-corrected chi connectivity index (χ2v) is 8.11. The van der Waals surface area contributed by atoms with Gasteiger partial charge in [-0.15, -0.1) is 0 Å². The Bertz CT molecular complexity index is 1270. The quantitative estimate of drug-likeness (QED) is 0.176. The number of benzene rings is 3. The summed E-state index contributed by atoms with van der Waals surface area (Å²) in [6, 6.07) is 19.5. The van der Waals surface area contributed by atoms with Crippen LogP contribution in [0.3, 0.4) is 0 Å². The Morgan fingerprint density at radius 1 is 0.938 bits per heavy atom. The molecule has 8 nitrogen and oxygen atoms in total. The number of nitrogens with two attached hydrogens (primary N) is 2. The molecular formula is C22H18ClN3O5S. The summed E-state index contributed by atoms with van der Waals surface area (Å²) in [6.45, 7) is 0. The van der Waals surface area contributed by atoms with Gasteiger partial charge in [0.15, 0.2) is 11.7 Å². The number of aliphatic imine (C=N–C) groups is 1. The van der Waals surface area contributed by atoms with E-state index >= 15 is 0 Å². The molecule has 4 N–H and O–H groups in total. The van der Waals surface area contributed by atoms with Crippen molar-refractivity contribution in [2.24, 2.45) is 16.5 Å². The summed E-state index contributed by atoms with van der Waals surface area (Å²) in [4.78, 5) is 16.5. The van der Waals surface area contributed by atoms with Crippen LogP contribution in [0.4, 0.5) is 5.69 Å². The van der Waals surface area contributed by atoms with Gasteiger partial charge in [-0.1, -0.05) is 60.1 Å². The van der Waals surface area contributed by atoms with Gasteiger partial charge in [-0.05, 0) is 35.9 Å². The summed E-state index contributed by atoms with van der Waals surface area (Å²) in [6.07, 6.45) is 1.34. The highest BCUT2D eigenvalue weighted by Crippen LogP contribution is 2.38. The lowest BCUT2D eigenvalue weighted by Gasteiger charge is -2.13. The van der Waals surface area contributed by atoms with Crippen LogP contribution in [0.2, 0.25) is 5.02 Å². The number of nitrogens with zero attached hydrogens (tertiary/aromatic N) is 1. The number of hydrogen-bond acceptors (Lipinski definition) is 6. The molecule has 0 radical (unpaired) electrons. The Morgan fingerprint density at radius 3 is 2.19 bits per heavy atom. The van der Waals surface area contributed by atoms with Gasteiger partial charge in [0.2, 0.25) is 0 Å². The highest BCUT2D eigenvalue weighted by molar-refractivity contribution is 7.90. The summed E-state index contributed by atoms with van der Waals surface area (Å²) >= 11 is 6.29. The van der Waals surface area contributed by atoms with E-state index in [-0.39, 0.29) is 28.0 Å². The van der Waals surface area contributed by atoms with E-state index in [0.717, 1.165) is 5.41 Å². The summed E-state index contributed by atoms with van der Waals surface area (Å²) < 4.78 is 35.6. The molecule has 0 saturated carbocycles. The van der Waals surface area contributed by atoms with Crippen molar-refractivity contribution in [1.82, 2.24) is 0 Å². The summed E-state index contributed by atoms with van der Waals surface area (Å²) in [5.74, 6) is -1.41. The molecule has 0 unspecified atom stereocenters. The van der Waals surface area contributed by atoms with Crippen molar-refractivity contribution in [3.05, 3.63) is 94.4 Å². The minimum Gasteiger partial charge on any atom is -0.423 e. The van der Waals surface area contributed by atoms with Crippen molar-refractivity contribution >= 4 is 45.4 Å². The van der Waals surface area contributed by atoms with Crippen LogP contribution in [0.15, 0.2) is 83.2 Å². The van der Waals surface area contributed by atoms with Gasteiger partial charge in [0.25, 0.3) is 0 Å². The Balaban J connectivity index is 1.99. The number of ether oxygens (including phenoxy) is 1. The number of para-hydroxylation sites is 1. The maximum atomic E-state index is 12.7. The van der Waals surface area contributed by atoms with E-state index < -0.39 is 21.8 Å². The van der Waals surface area contributed by atoms with E-state index in [4.69, 9.17) is 32.0 Å². The van der Waals surface area contributed by atoms with Gasteiger partial charge in [0, 0.05) is 0 Å². The zero-order chi connectivity index (χ0) is 23.1. The molecule has 0 aromatic heterocycles. The van der Waals surface area contributed by atoms with Crippen LogP contribution in [-0.4, -0.2) is 20.3 Å². The van der Waals surface area contributed by atoms with Crippen molar-refractivity contribution in [3.8, 4) is 11.5 Å². The zero-order valence-electron chi connectivity index (χ0n) is 16.5. The smallest absolute Gasteiger partial charge is 0.347 e. The van der Waals surface area contributed by atoms with E-state index in [1.807, 2.05) is 0 Å². The number of esters is 1. The Morgan fingerprint density at radius 2 is 1.56 bits per heavy atom. The molecule has 0 fully saturated rings. The molecule has 0 heterocycles. The molecule has 3 aromatic carbocycles. The normalized spacial score (nSPS) is 11.2. The Kier molecular flexibility index (Phi) is 7.14. The molecule has 164 valence electrons. The summed E-state index contributed by atoms with van der Waals surface area (Å²) in [5, 5.41) is 0.565. The van der Waals surface area contributed by atoms with Gasteiger partial charge >= 0.3 is 16.1 Å². The van der Waals surface area contributed by atoms with Crippen LogP contribution >= 0.6 is 11.6 Å². The van der Waals surface area contributed by atoms with Gasteiger partial charge in [0.1, 0.15) is 16.3 Å². The number of carbonyl (C=O) groups is 1. The molecule has 10 heteroatoms. The number of hydrogen-bond donors (Lipinski definition) is 2. The molecule has 0 saturated heterocycles. The molecule has 0 aliphatic carbocycles. The minimum atomic E-state index is -4.31. The highest BCUT2D eigenvalue weighted by atomic mass is 35.5. The molecule has 0 aliphatic rings. The maximum Gasteiger partial charge on any atom is 0.347 e. The average molecular weight is 472 g/mol. The van der Waals surface area contributed by atoms with Gasteiger partial charge in [-0.3, -0.25) is 0 Å². The van der Waals surface area contributed by atoms with Crippen molar-refractivity contribution in [2.45, 2.75) is 0 Å². The Labute approximate surface area is 189 Å². The van der Waals surface area contributed by atoms with Crippen molar-refractivity contribution in [1.29, 1.82) is 0 Å². The number of carbonyl (C=O) groups excluding carboxylic acids is 1.